The van der Waals surface area contributed by atoms with Crippen LogP contribution in [-0.4, -0.2) is 44.0 Å². The molecule has 0 spiro atoms. The van der Waals surface area contributed by atoms with E-state index in [9.17, 15) is 9.59 Å². The fourth-order valence-electron chi connectivity index (χ4n) is 2.24. The number of amides is 2. The van der Waals surface area contributed by atoms with Crippen LogP contribution in [0.4, 0.5) is 11.4 Å². The smallest absolute Gasteiger partial charge is 0.253 e. The van der Waals surface area contributed by atoms with E-state index in [0.717, 1.165) is 0 Å². The minimum Gasteiger partial charge on any atom is -0.487 e. The summed E-state index contributed by atoms with van der Waals surface area (Å²) in [4.78, 5) is 25.7. The van der Waals surface area contributed by atoms with E-state index in [1.807, 2.05) is 12.1 Å². The Morgan fingerprint density at radius 3 is 2.65 bits per heavy atom. The molecule has 0 aromatic heterocycles. The number of carbonyl (C=O) groups is 2. The summed E-state index contributed by atoms with van der Waals surface area (Å²) in [6.45, 7) is 4.03. The molecule has 0 saturated heterocycles. The second-order valence-electron chi connectivity index (χ2n) is 5.78. The Balaban J connectivity index is 1.96. The second-order valence-corrected chi connectivity index (χ2v) is 5.78. The largest absolute Gasteiger partial charge is 0.487 e. The molecule has 0 atom stereocenters. The Labute approximate surface area is 153 Å². The second kappa shape index (κ2) is 9.27. The summed E-state index contributed by atoms with van der Waals surface area (Å²) in [5.74, 6) is 0.273. The number of nitrogens with zero attached hydrogens (tertiary/aromatic N) is 1. The zero-order valence-corrected chi connectivity index (χ0v) is 15.0. The minimum atomic E-state index is -0.219. The first-order valence-electron chi connectivity index (χ1n) is 8.19. The van der Waals surface area contributed by atoms with Crippen molar-refractivity contribution in [1.29, 1.82) is 0 Å². The maximum Gasteiger partial charge on any atom is 0.253 e. The highest BCUT2D eigenvalue weighted by atomic mass is 16.5. The molecule has 0 bridgehead atoms. The van der Waals surface area contributed by atoms with Crippen molar-refractivity contribution in [2.24, 2.45) is 0 Å². The van der Waals surface area contributed by atoms with E-state index in [1.54, 1.807) is 56.6 Å². The van der Waals surface area contributed by atoms with Crippen LogP contribution >= 0.6 is 0 Å². The van der Waals surface area contributed by atoms with Gasteiger partial charge < -0.3 is 20.3 Å². The van der Waals surface area contributed by atoms with E-state index in [-0.39, 0.29) is 18.4 Å². The van der Waals surface area contributed by atoms with E-state index < -0.39 is 0 Å². The van der Waals surface area contributed by atoms with Crippen LogP contribution in [0.1, 0.15) is 10.4 Å². The molecule has 6 heteroatoms. The number of ether oxygens (including phenoxy) is 1. The van der Waals surface area contributed by atoms with Crippen molar-refractivity contribution in [3.63, 3.8) is 0 Å². The number of hydrogen-bond donors (Lipinski definition) is 2. The van der Waals surface area contributed by atoms with Gasteiger partial charge >= 0.3 is 0 Å². The lowest BCUT2D eigenvalue weighted by Gasteiger charge is -2.13. The van der Waals surface area contributed by atoms with Crippen LogP contribution in [0.25, 0.3) is 0 Å². The predicted octanol–water partition coefficient (Wildman–Crippen LogP) is 3.00. The third kappa shape index (κ3) is 5.37. The first-order valence-corrected chi connectivity index (χ1v) is 8.19. The first-order chi connectivity index (χ1) is 12.5. The lowest BCUT2D eigenvalue weighted by Crippen LogP contribution is -2.23. The van der Waals surface area contributed by atoms with Gasteiger partial charge in [0.1, 0.15) is 12.4 Å². The molecule has 136 valence electrons. The van der Waals surface area contributed by atoms with Gasteiger partial charge in [-0.1, -0.05) is 30.9 Å². The minimum absolute atomic E-state index is 0.0649. The van der Waals surface area contributed by atoms with Crippen molar-refractivity contribution in [3.8, 4) is 5.75 Å². The molecular weight excluding hydrogens is 330 g/mol. The highest BCUT2D eigenvalue weighted by Gasteiger charge is 2.10. The van der Waals surface area contributed by atoms with Crippen LogP contribution in [0.5, 0.6) is 5.75 Å². The molecule has 0 unspecified atom stereocenters. The lowest BCUT2D eigenvalue weighted by molar-refractivity contribution is -0.114. The summed E-state index contributed by atoms with van der Waals surface area (Å²) < 4.78 is 5.52. The molecular formula is C20H23N3O3. The molecule has 2 aromatic rings. The Morgan fingerprint density at radius 1 is 1.15 bits per heavy atom. The normalized spacial score (nSPS) is 9.92. The SMILES string of the molecule is C=CCOc1ccccc1NC(=O)CNc1cccc(C(=O)N(C)C)c1. The quantitative estimate of drug-likeness (QED) is 0.716. The van der Waals surface area contributed by atoms with Crippen LogP contribution in [0.15, 0.2) is 61.2 Å². The summed E-state index contributed by atoms with van der Waals surface area (Å²) in [5, 5.41) is 5.83. The van der Waals surface area contributed by atoms with Gasteiger partial charge in [0, 0.05) is 25.3 Å². The zero-order chi connectivity index (χ0) is 18.9. The van der Waals surface area contributed by atoms with E-state index in [1.165, 1.54) is 4.90 Å². The van der Waals surface area contributed by atoms with Gasteiger partial charge in [0.25, 0.3) is 5.91 Å². The molecule has 6 nitrogen and oxygen atoms in total. The van der Waals surface area contributed by atoms with Crippen molar-refractivity contribution < 1.29 is 14.3 Å². The van der Waals surface area contributed by atoms with Crippen LogP contribution in [0.3, 0.4) is 0 Å². The summed E-state index contributed by atoms with van der Waals surface area (Å²) in [6.07, 6.45) is 1.64. The number of para-hydroxylation sites is 2. The molecule has 0 saturated carbocycles. The monoisotopic (exact) mass is 353 g/mol. The highest BCUT2D eigenvalue weighted by molar-refractivity contribution is 5.96. The molecule has 0 aliphatic carbocycles. The number of hydrogen-bond acceptors (Lipinski definition) is 4. The zero-order valence-electron chi connectivity index (χ0n) is 15.0. The molecule has 0 aliphatic rings. The Hall–Kier alpha value is -3.28. The molecule has 0 fully saturated rings. The van der Waals surface area contributed by atoms with Gasteiger partial charge in [-0.2, -0.15) is 0 Å². The number of rotatable bonds is 8. The molecule has 2 amide bonds. The van der Waals surface area contributed by atoms with Gasteiger partial charge in [-0.15, -0.1) is 0 Å². The molecule has 2 rings (SSSR count). The number of nitrogens with one attached hydrogen (secondary N) is 2. The van der Waals surface area contributed by atoms with Crippen molar-refractivity contribution >= 4 is 23.2 Å². The summed E-state index contributed by atoms with van der Waals surface area (Å²) >= 11 is 0. The molecule has 2 N–H and O–H groups in total. The molecule has 0 aliphatic heterocycles. The van der Waals surface area contributed by atoms with E-state index in [2.05, 4.69) is 17.2 Å². The van der Waals surface area contributed by atoms with Crippen molar-refractivity contribution in [1.82, 2.24) is 4.90 Å². The van der Waals surface area contributed by atoms with E-state index in [0.29, 0.717) is 29.3 Å². The number of anilines is 2. The highest BCUT2D eigenvalue weighted by Crippen LogP contribution is 2.23. The van der Waals surface area contributed by atoms with E-state index in [4.69, 9.17) is 4.74 Å². The maximum absolute atomic E-state index is 12.2. The van der Waals surface area contributed by atoms with Crippen LogP contribution in [0.2, 0.25) is 0 Å². The van der Waals surface area contributed by atoms with Gasteiger partial charge in [0.15, 0.2) is 0 Å². The summed E-state index contributed by atoms with van der Waals surface area (Å²) in [6, 6.07) is 14.2. The average Bonchev–Trinajstić information content (AvgIpc) is 2.65. The Morgan fingerprint density at radius 2 is 1.92 bits per heavy atom. The first kappa shape index (κ1) is 19.1. The number of benzene rings is 2. The van der Waals surface area contributed by atoms with Crippen LogP contribution < -0.4 is 15.4 Å². The molecule has 26 heavy (non-hydrogen) atoms. The van der Waals surface area contributed by atoms with Crippen molar-refractivity contribution in [2.45, 2.75) is 0 Å². The fraction of sp³-hybridized carbons (Fsp3) is 0.200. The third-order valence-electron chi connectivity index (χ3n) is 3.49. The lowest BCUT2D eigenvalue weighted by atomic mass is 10.2. The Bertz CT molecular complexity index is 787. The van der Waals surface area contributed by atoms with Gasteiger partial charge in [-0.05, 0) is 30.3 Å². The van der Waals surface area contributed by atoms with Gasteiger partial charge in [0.2, 0.25) is 5.91 Å². The van der Waals surface area contributed by atoms with Crippen molar-refractivity contribution in [2.75, 3.05) is 37.9 Å². The molecule has 0 heterocycles. The maximum atomic E-state index is 12.2. The standard InChI is InChI=1S/C20H23N3O3/c1-4-12-26-18-11-6-5-10-17(18)22-19(24)14-21-16-9-7-8-15(13-16)20(25)23(2)3/h4-11,13,21H,1,12,14H2,2-3H3,(H,22,24). The summed E-state index contributed by atoms with van der Waals surface area (Å²) in [7, 11) is 3.39. The fourth-order valence-corrected chi connectivity index (χ4v) is 2.24. The topological polar surface area (TPSA) is 70.7 Å². The van der Waals surface area contributed by atoms with E-state index >= 15 is 0 Å². The molecule has 0 radical (unpaired) electrons. The summed E-state index contributed by atoms with van der Waals surface area (Å²) in [5.41, 5.74) is 1.85. The Kier molecular flexibility index (Phi) is 6.79. The predicted molar refractivity (Wildman–Crippen MR) is 104 cm³/mol. The van der Waals surface area contributed by atoms with Crippen LogP contribution in [0, 0.1) is 0 Å². The van der Waals surface area contributed by atoms with Crippen molar-refractivity contribution in [3.05, 3.63) is 66.7 Å². The van der Waals surface area contributed by atoms with Gasteiger partial charge in [-0.25, -0.2) is 0 Å². The number of carbonyl (C=O) groups excluding carboxylic acids is 2. The van der Waals surface area contributed by atoms with Gasteiger partial charge in [-0.3, -0.25) is 9.59 Å². The third-order valence-corrected chi connectivity index (χ3v) is 3.49. The van der Waals surface area contributed by atoms with Gasteiger partial charge in [0.05, 0.1) is 12.2 Å². The molecule has 2 aromatic carbocycles. The van der Waals surface area contributed by atoms with Crippen LogP contribution in [-0.2, 0) is 4.79 Å². The average molecular weight is 353 g/mol.